The molecule has 45 heavy (non-hydrogen) atoms. The first-order valence-electron chi connectivity index (χ1n) is 15.9. The van der Waals surface area contributed by atoms with Gasteiger partial charge in [-0.2, -0.15) is 0 Å². The average Bonchev–Trinajstić information content (AvgIpc) is 3.53. The van der Waals surface area contributed by atoms with Gasteiger partial charge < -0.3 is 24.1 Å². The molecule has 7 nitrogen and oxygen atoms in total. The van der Waals surface area contributed by atoms with Crippen LogP contribution < -0.4 is 4.74 Å². The lowest BCUT2D eigenvalue weighted by Crippen LogP contribution is -2.47. The summed E-state index contributed by atoms with van der Waals surface area (Å²) >= 11 is 7.97. The highest BCUT2D eigenvalue weighted by Crippen LogP contribution is 2.43. The van der Waals surface area contributed by atoms with Crippen LogP contribution in [0.4, 0.5) is 4.79 Å². The third-order valence-corrected chi connectivity index (χ3v) is 9.18. The van der Waals surface area contributed by atoms with E-state index in [1.54, 1.807) is 11.8 Å². The number of hydrogen-bond acceptors (Lipinski definition) is 6. The standard InChI is InChI=1S/C36H49ClN2O5S/c1-10-42-32(40)36(8,9)22-28-31(45-35(5,6)7)26-21-25(17-18-27(26)38-28)43-30(20-23-13-15-24(37)16-14-23)29-12-11-19-39(29)33(41)44-34(2,3)4/h13-18,21,29-30,38H,10-12,19-20,22H2,1-9H3/t29-,30?/m0/s1. The number of hydrogen-bond donors (Lipinski definition) is 1. The van der Waals surface area contributed by atoms with E-state index < -0.39 is 11.0 Å². The van der Waals surface area contributed by atoms with Crippen LogP contribution in [0.5, 0.6) is 5.75 Å². The Morgan fingerprint density at radius 3 is 2.36 bits per heavy atom. The second kappa shape index (κ2) is 13.9. The van der Waals surface area contributed by atoms with Gasteiger partial charge in [-0.15, -0.1) is 11.8 Å². The van der Waals surface area contributed by atoms with Crippen molar-refractivity contribution in [2.24, 2.45) is 5.41 Å². The number of carbonyl (C=O) groups excluding carboxylic acids is 2. The van der Waals surface area contributed by atoms with Crippen molar-refractivity contribution < 1.29 is 23.8 Å². The zero-order valence-corrected chi connectivity index (χ0v) is 29.8. The quantitative estimate of drug-likeness (QED) is 0.173. The Balaban J connectivity index is 1.71. The second-order valence-electron chi connectivity index (χ2n) is 14.5. The van der Waals surface area contributed by atoms with Gasteiger partial charge in [-0.05, 0) is 90.3 Å². The smallest absolute Gasteiger partial charge is 0.410 e. The monoisotopic (exact) mass is 656 g/mol. The SMILES string of the molecule is CCOC(=O)C(C)(C)Cc1[nH]c2ccc(OC(Cc3ccc(Cl)cc3)[C@@H]3CCCN3C(=O)OC(C)(C)C)cc2c1SC(C)(C)C. The summed E-state index contributed by atoms with van der Waals surface area (Å²) in [6.45, 7) is 18.9. The summed E-state index contributed by atoms with van der Waals surface area (Å²) in [4.78, 5) is 32.6. The molecular weight excluding hydrogens is 608 g/mol. The predicted octanol–water partition coefficient (Wildman–Crippen LogP) is 9.23. The van der Waals surface area contributed by atoms with Crippen LogP contribution in [0, 0.1) is 5.41 Å². The van der Waals surface area contributed by atoms with E-state index in [0.29, 0.717) is 31.0 Å². The first kappa shape index (κ1) is 35.0. The van der Waals surface area contributed by atoms with E-state index in [-0.39, 0.29) is 29.0 Å². The number of nitrogens with zero attached hydrogens (tertiary/aromatic N) is 1. The minimum atomic E-state index is -0.694. The minimum absolute atomic E-state index is 0.0658. The molecule has 9 heteroatoms. The Labute approximate surface area is 277 Å². The molecule has 2 aromatic carbocycles. The van der Waals surface area contributed by atoms with Crippen molar-refractivity contribution in [1.82, 2.24) is 9.88 Å². The van der Waals surface area contributed by atoms with Gasteiger partial charge in [0.1, 0.15) is 17.5 Å². The maximum atomic E-state index is 13.3. The van der Waals surface area contributed by atoms with Crippen LogP contribution in [0.1, 0.15) is 86.4 Å². The van der Waals surface area contributed by atoms with Gasteiger partial charge >= 0.3 is 12.1 Å². The molecule has 1 aliphatic rings. The number of carbonyl (C=O) groups is 2. The molecule has 1 fully saturated rings. The van der Waals surface area contributed by atoms with Crippen LogP contribution in [0.15, 0.2) is 47.4 Å². The molecule has 0 spiro atoms. The first-order chi connectivity index (χ1) is 21.0. The number of aromatic nitrogens is 1. The number of rotatable bonds is 10. The maximum Gasteiger partial charge on any atom is 0.410 e. The Hall–Kier alpha value is -2.84. The van der Waals surface area contributed by atoms with Crippen molar-refractivity contribution in [2.75, 3.05) is 13.2 Å². The van der Waals surface area contributed by atoms with Gasteiger partial charge in [-0.3, -0.25) is 4.79 Å². The van der Waals surface area contributed by atoms with Crippen LogP contribution in [-0.4, -0.2) is 57.6 Å². The lowest BCUT2D eigenvalue weighted by molar-refractivity contribution is -0.153. The number of likely N-dealkylation sites (tertiary alicyclic amines) is 1. The Morgan fingerprint density at radius 1 is 1.04 bits per heavy atom. The summed E-state index contributed by atoms with van der Waals surface area (Å²) in [5.74, 6) is 0.513. The molecular formula is C36H49ClN2O5S. The average molecular weight is 657 g/mol. The van der Waals surface area contributed by atoms with Gasteiger partial charge in [0.15, 0.2) is 0 Å². The van der Waals surface area contributed by atoms with Gasteiger partial charge in [0.05, 0.1) is 18.1 Å². The molecule has 1 unspecified atom stereocenters. The second-order valence-corrected chi connectivity index (χ2v) is 16.8. The van der Waals surface area contributed by atoms with E-state index in [1.807, 2.05) is 82.8 Å². The van der Waals surface area contributed by atoms with E-state index in [9.17, 15) is 9.59 Å². The number of benzene rings is 2. The van der Waals surface area contributed by atoms with E-state index in [2.05, 4.69) is 31.8 Å². The van der Waals surface area contributed by atoms with Crippen LogP contribution in [0.25, 0.3) is 10.9 Å². The topological polar surface area (TPSA) is 80.9 Å². The highest BCUT2D eigenvalue weighted by atomic mass is 35.5. The largest absolute Gasteiger partial charge is 0.488 e. The molecule has 0 saturated carbocycles. The Morgan fingerprint density at radius 2 is 1.73 bits per heavy atom. The summed E-state index contributed by atoms with van der Waals surface area (Å²) in [6.07, 6.45) is 2.21. The van der Waals surface area contributed by atoms with Crippen LogP contribution >= 0.6 is 23.4 Å². The molecule has 2 heterocycles. The number of ether oxygens (including phenoxy) is 3. The molecule has 246 valence electrons. The lowest BCUT2D eigenvalue weighted by Gasteiger charge is -2.33. The van der Waals surface area contributed by atoms with Gasteiger partial charge in [0.2, 0.25) is 0 Å². The number of amides is 1. The van der Waals surface area contributed by atoms with Crippen LogP contribution in [0.3, 0.4) is 0 Å². The molecule has 3 aromatic rings. The summed E-state index contributed by atoms with van der Waals surface area (Å²) in [7, 11) is 0. The predicted molar refractivity (Wildman–Crippen MR) is 184 cm³/mol. The van der Waals surface area contributed by atoms with Crippen molar-refractivity contribution in [2.45, 2.75) is 115 Å². The summed E-state index contributed by atoms with van der Waals surface area (Å²) < 4.78 is 17.9. The molecule has 0 aliphatic carbocycles. The Bertz CT molecular complexity index is 1490. The number of H-pyrrole nitrogens is 1. The molecule has 0 bridgehead atoms. The number of nitrogens with one attached hydrogen (secondary N) is 1. The zero-order valence-electron chi connectivity index (χ0n) is 28.2. The molecule has 1 aromatic heterocycles. The molecule has 4 rings (SSSR count). The van der Waals surface area contributed by atoms with Crippen molar-refractivity contribution in [1.29, 1.82) is 0 Å². The van der Waals surface area contributed by atoms with Gasteiger partial charge in [-0.25, -0.2) is 4.79 Å². The van der Waals surface area contributed by atoms with Crippen LogP contribution in [0.2, 0.25) is 5.02 Å². The van der Waals surface area contributed by atoms with Gasteiger partial charge in [-0.1, -0.05) is 44.5 Å². The Kier molecular flexibility index (Phi) is 10.8. The molecule has 1 saturated heterocycles. The van der Waals surface area contributed by atoms with Gasteiger partial charge in [0.25, 0.3) is 0 Å². The van der Waals surface area contributed by atoms with E-state index in [1.165, 1.54) is 0 Å². The minimum Gasteiger partial charge on any atom is -0.488 e. The van der Waals surface area contributed by atoms with E-state index >= 15 is 0 Å². The number of esters is 1. The number of aromatic amines is 1. The van der Waals surface area contributed by atoms with Crippen molar-refractivity contribution >= 4 is 46.3 Å². The van der Waals surface area contributed by atoms with Crippen molar-refractivity contribution in [3.8, 4) is 5.75 Å². The molecule has 1 aliphatic heterocycles. The highest BCUT2D eigenvalue weighted by molar-refractivity contribution is 8.00. The fourth-order valence-corrected chi connectivity index (χ4v) is 6.94. The number of halogens is 1. The third-order valence-electron chi connectivity index (χ3n) is 7.64. The lowest BCUT2D eigenvalue weighted by atomic mass is 9.88. The molecule has 1 amide bonds. The van der Waals surface area contributed by atoms with Crippen molar-refractivity contribution in [3.63, 3.8) is 0 Å². The molecule has 2 atom stereocenters. The fraction of sp³-hybridized carbons (Fsp3) is 0.556. The third kappa shape index (κ3) is 9.35. The summed E-state index contributed by atoms with van der Waals surface area (Å²) in [5.41, 5.74) is 1.78. The summed E-state index contributed by atoms with van der Waals surface area (Å²) in [6, 6.07) is 13.7. The van der Waals surface area contributed by atoms with E-state index in [0.717, 1.165) is 45.6 Å². The maximum absolute atomic E-state index is 13.3. The molecule has 0 radical (unpaired) electrons. The first-order valence-corrected chi connectivity index (χ1v) is 17.1. The number of thioether (sulfide) groups is 1. The molecule has 1 N–H and O–H groups in total. The number of fused-ring (bicyclic) bond motifs is 1. The fourth-order valence-electron chi connectivity index (χ4n) is 5.67. The van der Waals surface area contributed by atoms with E-state index in [4.69, 9.17) is 25.8 Å². The highest BCUT2D eigenvalue weighted by Gasteiger charge is 2.39. The van der Waals surface area contributed by atoms with Gasteiger partial charge in [0, 0.05) is 50.6 Å². The van der Waals surface area contributed by atoms with Crippen LogP contribution in [-0.2, 0) is 27.1 Å². The summed E-state index contributed by atoms with van der Waals surface area (Å²) in [5, 5.41) is 1.72. The normalized spacial score (nSPS) is 16.6. The van der Waals surface area contributed by atoms with Crippen molar-refractivity contribution in [3.05, 3.63) is 58.7 Å². The zero-order chi connectivity index (χ0) is 33.2.